The zero-order valence-corrected chi connectivity index (χ0v) is 19.2. The number of aromatic nitrogens is 1. The highest BCUT2D eigenvalue weighted by Crippen LogP contribution is 2.38. The first-order valence-corrected chi connectivity index (χ1v) is 9.70. The van der Waals surface area contributed by atoms with Crippen LogP contribution in [-0.4, -0.2) is 37.7 Å². The van der Waals surface area contributed by atoms with Crippen molar-refractivity contribution in [2.75, 3.05) is 26.8 Å². The number of H-pyrrole nitrogens is 1. The van der Waals surface area contributed by atoms with Gasteiger partial charge in [0, 0.05) is 37.2 Å². The number of halogens is 2. The number of ether oxygens (including phenoxy) is 2. The summed E-state index contributed by atoms with van der Waals surface area (Å²) in [5.41, 5.74) is 3.46. The smallest absolute Gasteiger partial charge is 0.191 e. The highest BCUT2D eigenvalue weighted by molar-refractivity contribution is 14.0. The zero-order chi connectivity index (χ0) is 19.3. The van der Waals surface area contributed by atoms with Gasteiger partial charge in [0.25, 0.3) is 0 Å². The van der Waals surface area contributed by atoms with Gasteiger partial charge in [-0.05, 0) is 35.7 Å². The van der Waals surface area contributed by atoms with Gasteiger partial charge in [-0.15, -0.1) is 24.0 Å². The molecule has 0 amide bonds. The van der Waals surface area contributed by atoms with Gasteiger partial charge < -0.3 is 25.1 Å². The standard InChI is InChI=1S/C21H23ClN4O2.HI/c1-23-21(24-7-6-15-13-25-18-5-3-2-4-16(15)18)26-12-14-10-17(22)20-19(11-14)27-8-9-28-20;/h2-5,10-11,13,25H,6-9,12H2,1H3,(H2,23,24,26);1H. The summed E-state index contributed by atoms with van der Waals surface area (Å²) >= 11 is 6.30. The van der Waals surface area contributed by atoms with Crippen LogP contribution < -0.4 is 20.1 Å². The van der Waals surface area contributed by atoms with E-state index in [0.29, 0.717) is 36.3 Å². The van der Waals surface area contributed by atoms with Gasteiger partial charge in [-0.3, -0.25) is 4.99 Å². The number of fused-ring (bicyclic) bond motifs is 2. The van der Waals surface area contributed by atoms with Crippen LogP contribution in [0.3, 0.4) is 0 Å². The molecule has 0 atom stereocenters. The minimum Gasteiger partial charge on any atom is -0.486 e. The van der Waals surface area contributed by atoms with Crippen LogP contribution in [0.4, 0.5) is 0 Å². The second-order valence-corrected chi connectivity index (χ2v) is 6.97. The van der Waals surface area contributed by atoms with Crippen molar-refractivity contribution in [1.29, 1.82) is 0 Å². The molecular formula is C21H24ClIN4O2. The minimum atomic E-state index is 0. The predicted octanol–water partition coefficient (Wildman–Crippen LogP) is 4.12. The number of benzene rings is 2. The molecule has 8 heteroatoms. The number of nitrogens with one attached hydrogen (secondary N) is 3. The lowest BCUT2D eigenvalue weighted by molar-refractivity contribution is 0.171. The Labute approximate surface area is 192 Å². The number of aromatic amines is 1. The van der Waals surface area contributed by atoms with Crippen LogP contribution in [0.5, 0.6) is 11.5 Å². The topological polar surface area (TPSA) is 70.7 Å². The highest BCUT2D eigenvalue weighted by atomic mass is 127. The van der Waals surface area contributed by atoms with E-state index < -0.39 is 0 Å². The third-order valence-electron chi connectivity index (χ3n) is 4.70. The molecule has 0 spiro atoms. The lowest BCUT2D eigenvalue weighted by Crippen LogP contribution is -2.37. The van der Waals surface area contributed by atoms with Crippen LogP contribution in [0.2, 0.25) is 5.02 Å². The van der Waals surface area contributed by atoms with Crippen LogP contribution in [-0.2, 0) is 13.0 Å². The molecule has 0 unspecified atom stereocenters. The summed E-state index contributed by atoms with van der Waals surface area (Å²) in [6.45, 7) is 2.43. The van der Waals surface area contributed by atoms with Crippen LogP contribution >= 0.6 is 35.6 Å². The average Bonchev–Trinajstić information content (AvgIpc) is 3.14. The number of para-hydroxylation sites is 1. The summed E-state index contributed by atoms with van der Waals surface area (Å²) in [6, 6.07) is 12.2. The van der Waals surface area contributed by atoms with E-state index in [4.69, 9.17) is 21.1 Å². The molecule has 1 aliphatic rings. The number of nitrogens with zero attached hydrogens (tertiary/aromatic N) is 1. The Morgan fingerprint density at radius 2 is 2.00 bits per heavy atom. The van der Waals surface area contributed by atoms with Gasteiger partial charge in [0.05, 0.1) is 5.02 Å². The Bertz CT molecular complexity index is 1010. The van der Waals surface area contributed by atoms with Crippen molar-refractivity contribution in [3.05, 3.63) is 58.7 Å². The summed E-state index contributed by atoms with van der Waals surface area (Å²) in [4.78, 5) is 7.60. The molecule has 6 nitrogen and oxygen atoms in total. The number of aliphatic imine (C=N–C) groups is 1. The Balaban J connectivity index is 0.00000240. The van der Waals surface area contributed by atoms with Crippen molar-refractivity contribution in [3.63, 3.8) is 0 Å². The maximum Gasteiger partial charge on any atom is 0.191 e. The van der Waals surface area contributed by atoms with E-state index in [1.165, 1.54) is 10.9 Å². The second kappa shape index (κ2) is 10.1. The predicted molar refractivity (Wildman–Crippen MR) is 128 cm³/mol. The van der Waals surface area contributed by atoms with Gasteiger partial charge in [-0.1, -0.05) is 29.8 Å². The third-order valence-corrected chi connectivity index (χ3v) is 4.98. The first kappa shape index (κ1) is 21.6. The largest absolute Gasteiger partial charge is 0.486 e. The Morgan fingerprint density at radius 3 is 2.86 bits per heavy atom. The van der Waals surface area contributed by atoms with Crippen molar-refractivity contribution >= 4 is 52.4 Å². The lowest BCUT2D eigenvalue weighted by Gasteiger charge is -2.20. The minimum absolute atomic E-state index is 0. The van der Waals surface area contributed by atoms with E-state index in [2.05, 4.69) is 45.0 Å². The van der Waals surface area contributed by atoms with E-state index in [1.54, 1.807) is 7.05 Å². The Morgan fingerprint density at radius 1 is 1.17 bits per heavy atom. The van der Waals surface area contributed by atoms with Crippen molar-refractivity contribution in [3.8, 4) is 11.5 Å². The molecule has 0 radical (unpaired) electrons. The Kier molecular flexibility index (Phi) is 7.49. The van der Waals surface area contributed by atoms with Crippen LogP contribution in [0.15, 0.2) is 47.6 Å². The summed E-state index contributed by atoms with van der Waals surface area (Å²) in [7, 11) is 1.76. The molecule has 0 fully saturated rings. The zero-order valence-electron chi connectivity index (χ0n) is 16.1. The number of rotatable bonds is 5. The van der Waals surface area contributed by atoms with E-state index in [1.807, 2.05) is 18.2 Å². The fourth-order valence-electron chi connectivity index (χ4n) is 3.33. The lowest BCUT2D eigenvalue weighted by atomic mass is 10.1. The molecule has 0 saturated carbocycles. The first-order chi connectivity index (χ1) is 13.7. The molecule has 2 heterocycles. The van der Waals surface area contributed by atoms with E-state index in [0.717, 1.165) is 30.0 Å². The van der Waals surface area contributed by atoms with Crippen molar-refractivity contribution in [2.24, 2.45) is 4.99 Å². The third kappa shape index (κ3) is 5.08. The normalized spacial score (nSPS) is 13.1. The molecular weight excluding hydrogens is 503 g/mol. The summed E-state index contributed by atoms with van der Waals surface area (Å²) in [6.07, 6.45) is 2.97. The maximum atomic E-state index is 6.30. The van der Waals surface area contributed by atoms with Gasteiger partial charge in [-0.2, -0.15) is 0 Å². The van der Waals surface area contributed by atoms with Gasteiger partial charge >= 0.3 is 0 Å². The molecule has 2 aromatic carbocycles. The molecule has 0 aliphatic carbocycles. The van der Waals surface area contributed by atoms with Crippen LogP contribution in [0, 0.1) is 0 Å². The summed E-state index contributed by atoms with van der Waals surface area (Å²) in [5, 5.41) is 8.50. The molecule has 1 aliphatic heterocycles. The summed E-state index contributed by atoms with van der Waals surface area (Å²) in [5.74, 6) is 2.06. The molecule has 4 rings (SSSR count). The fourth-order valence-corrected chi connectivity index (χ4v) is 3.61. The summed E-state index contributed by atoms with van der Waals surface area (Å²) < 4.78 is 11.2. The van der Waals surface area contributed by atoms with Crippen LogP contribution in [0.1, 0.15) is 11.1 Å². The first-order valence-electron chi connectivity index (χ1n) is 9.32. The fraction of sp³-hybridized carbons (Fsp3) is 0.286. The number of hydrogen-bond donors (Lipinski definition) is 3. The van der Waals surface area contributed by atoms with Crippen LogP contribution in [0.25, 0.3) is 10.9 Å². The SMILES string of the molecule is CN=C(NCCc1c[nH]c2ccccc12)NCc1cc(Cl)c2c(c1)OCCO2.I. The van der Waals surface area contributed by atoms with E-state index in [9.17, 15) is 0 Å². The molecule has 154 valence electrons. The second-order valence-electron chi connectivity index (χ2n) is 6.56. The molecule has 29 heavy (non-hydrogen) atoms. The van der Waals surface area contributed by atoms with Gasteiger partial charge in [0.15, 0.2) is 17.5 Å². The molecule has 3 aromatic rings. The highest BCUT2D eigenvalue weighted by Gasteiger charge is 2.16. The molecule has 3 N–H and O–H groups in total. The maximum absolute atomic E-state index is 6.30. The molecule has 1 aromatic heterocycles. The van der Waals surface area contributed by atoms with Crippen molar-refractivity contribution in [1.82, 2.24) is 15.6 Å². The monoisotopic (exact) mass is 526 g/mol. The molecule has 0 bridgehead atoms. The number of guanidine groups is 1. The van der Waals surface area contributed by atoms with Crippen molar-refractivity contribution < 1.29 is 9.47 Å². The van der Waals surface area contributed by atoms with E-state index >= 15 is 0 Å². The van der Waals surface area contributed by atoms with Gasteiger partial charge in [0.1, 0.15) is 13.2 Å². The van der Waals surface area contributed by atoms with Gasteiger partial charge in [-0.25, -0.2) is 0 Å². The van der Waals surface area contributed by atoms with Crippen molar-refractivity contribution in [2.45, 2.75) is 13.0 Å². The van der Waals surface area contributed by atoms with E-state index in [-0.39, 0.29) is 24.0 Å². The Hall–Kier alpha value is -2.13. The van der Waals surface area contributed by atoms with Gasteiger partial charge in [0.2, 0.25) is 0 Å². The quantitative estimate of drug-likeness (QED) is 0.266. The average molecular weight is 527 g/mol. The number of hydrogen-bond acceptors (Lipinski definition) is 3. The molecule has 0 saturated heterocycles.